The lowest BCUT2D eigenvalue weighted by Crippen LogP contribution is -2.19. The Morgan fingerprint density at radius 3 is 2.97 bits per heavy atom. The molecule has 0 radical (unpaired) electrons. The number of carbonyl (C=O) groups is 1. The molecule has 3 aromatic rings. The van der Waals surface area contributed by atoms with Crippen molar-refractivity contribution in [2.45, 2.75) is 58.6 Å². The van der Waals surface area contributed by atoms with Crippen molar-refractivity contribution in [3.8, 4) is 5.75 Å². The van der Waals surface area contributed by atoms with Crippen LogP contribution in [0.5, 0.6) is 5.75 Å². The molecule has 0 spiro atoms. The molecule has 35 heavy (non-hydrogen) atoms. The lowest BCUT2D eigenvalue weighted by atomic mass is 10.1. The molecule has 2 aromatic heterocycles. The smallest absolute Gasteiger partial charge is 0.354 e. The predicted octanol–water partition coefficient (Wildman–Crippen LogP) is 6.12. The molecule has 1 unspecified atom stereocenters. The molecule has 6 nitrogen and oxygen atoms in total. The highest BCUT2D eigenvalue weighted by Gasteiger charge is 2.22. The molecule has 1 aromatic carbocycles. The highest BCUT2D eigenvalue weighted by molar-refractivity contribution is 7.12. The van der Waals surface area contributed by atoms with Gasteiger partial charge in [0.1, 0.15) is 16.5 Å². The van der Waals surface area contributed by atoms with Crippen molar-refractivity contribution in [2.24, 2.45) is 0 Å². The van der Waals surface area contributed by atoms with Gasteiger partial charge in [-0.2, -0.15) is 0 Å². The fourth-order valence-corrected chi connectivity index (χ4v) is 5.70. The van der Waals surface area contributed by atoms with E-state index < -0.39 is 0 Å². The summed E-state index contributed by atoms with van der Waals surface area (Å²) in [6.07, 6.45) is 11.8. The Hall–Kier alpha value is -2.90. The maximum atomic E-state index is 12.6. The molecular weight excluding hydrogens is 460 g/mol. The highest BCUT2D eigenvalue weighted by atomic mass is 32.1. The van der Waals surface area contributed by atoms with Crippen LogP contribution in [0.25, 0.3) is 16.5 Å². The summed E-state index contributed by atoms with van der Waals surface area (Å²) in [5, 5.41) is 2.06. The Morgan fingerprint density at radius 2 is 2.20 bits per heavy atom. The number of aromatic nitrogens is 2. The number of allylic oxidation sites excluding steroid dienone is 4. The fraction of sp³-hybridized carbons (Fsp3) is 0.429. The Bertz CT molecular complexity index is 1260. The van der Waals surface area contributed by atoms with Crippen molar-refractivity contribution >= 4 is 33.8 Å². The number of carbonyl (C=O) groups excluding carboxylic acids is 1. The number of esters is 1. The number of thiazole rings is 1. The second-order valence-corrected chi connectivity index (χ2v) is 10.2. The lowest BCUT2D eigenvalue weighted by Gasteiger charge is -2.15. The van der Waals surface area contributed by atoms with E-state index in [0.29, 0.717) is 25.5 Å². The molecule has 1 aliphatic heterocycles. The Labute approximate surface area is 210 Å². The zero-order valence-electron chi connectivity index (χ0n) is 20.4. The van der Waals surface area contributed by atoms with E-state index in [1.165, 1.54) is 10.5 Å². The van der Waals surface area contributed by atoms with E-state index in [-0.39, 0.29) is 12.1 Å². The number of hydrogen-bond donors (Lipinski definition) is 0. The van der Waals surface area contributed by atoms with Gasteiger partial charge in [-0.3, -0.25) is 0 Å². The van der Waals surface area contributed by atoms with E-state index in [1.54, 1.807) is 11.3 Å². The third kappa shape index (κ3) is 5.36. The number of fused-ring (bicyclic) bond motifs is 1. The van der Waals surface area contributed by atoms with Crippen LogP contribution in [0.3, 0.4) is 0 Å². The third-order valence-electron chi connectivity index (χ3n) is 6.51. The molecule has 184 valence electrons. The second-order valence-electron chi connectivity index (χ2n) is 8.98. The van der Waals surface area contributed by atoms with Gasteiger partial charge in [-0.15, -0.1) is 11.3 Å². The monoisotopic (exact) mass is 492 g/mol. The molecule has 3 heterocycles. The van der Waals surface area contributed by atoms with Gasteiger partial charge < -0.3 is 18.8 Å². The first kappa shape index (κ1) is 23.8. The Balaban J connectivity index is 1.29. The molecule has 1 saturated heterocycles. The van der Waals surface area contributed by atoms with Gasteiger partial charge in [0, 0.05) is 40.9 Å². The Morgan fingerprint density at radius 1 is 1.29 bits per heavy atom. The van der Waals surface area contributed by atoms with Gasteiger partial charge in [-0.25, -0.2) is 9.78 Å². The largest absolute Gasteiger partial charge is 0.493 e. The minimum absolute atomic E-state index is 0.126. The van der Waals surface area contributed by atoms with Crippen LogP contribution >= 0.6 is 11.3 Å². The van der Waals surface area contributed by atoms with E-state index in [9.17, 15) is 4.79 Å². The quantitative estimate of drug-likeness (QED) is 0.337. The summed E-state index contributed by atoms with van der Waals surface area (Å²) in [6, 6.07) is 7.90. The first-order chi connectivity index (χ1) is 17.1. The van der Waals surface area contributed by atoms with Crippen molar-refractivity contribution in [3.63, 3.8) is 0 Å². The van der Waals surface area contributed by atoms with Gasteiger partial charge in [0.15, 0.2) is 0 Å². The van der Waals surface area contributed by atoms with Gasteiger partial charge in [0.05, 0.1) is 25.0 Å². The number of benzene rings is 1. The first-order valence-electron chi connectivity index (χ1n) is 12.5. The fourth-order valence-electron chi connectivity index (χ4n) is 4.72. The van der Waals surface area contributed by atoms with Gasteiger partial charge in [0.25, 0.3) is 0 Å². The topological polar surface area (TPSA) is 62.6 Å². The van der Waals surface area contributed by atoms with Gasteiger partial charge in [0.2, 0.25) is 0 Å². The molecule has 0 saturated carbocycles. The highest BCUT2D eigenvalue weighted by Crippen LogP contribution is 2.29. The van der Waals surface area contributed by atoms with Crippen molar-refractivity contribution in [1.82, 2.24) is 9.55 Å². The van der Waals surface area contributed by atoms with Crippen molar-refractivity contribution in [3.05, 3.63) is 63.8 Å². The van der Waals surface area contributed by atoms with E-state index in [1.807, 2.05) is 35.8 Å². The van der Waals surface area contributed by atoms with E-state index >= 15 is 0 Å². The van der Waals surface area contributed by atoms with Gasteiger partial charge in [-0.05, 0) is 63.8 Å². The molecular formula is C28H32N2O4S. The van der Waals surface area contributed by atoms with Crippen LogP contribution < -0.4 is 4.74 Å². The standard InChI is InChI=1S/C28H32N2O4S/c1-3-32-28(31)26-17-21-16-22(11-12-25(21)30(26)18-23-10-7-14-33-23)34-15-13-24-19(2)35-27(29-24)20-8-5-4-6-9-20/h5,8-9,11-12,16-17,23H,3-4,6-7,10,13-15,18H2,1-2H3. The van der Waals surface area contributed by atoms with Crippen LogP contribution in [0.2, 0.25) is 0 Å². The normalized spacial score (nSPS) is 17.7. The average molecular weight is 493 g/mol. The summed E-state index contributed by atoms with van der Waals surface area (Å²) in [6.45, 7) is 6.28. The van der Waals surface area contributed by atoms with Crippen LogP contribution in [0.15, 0.2) is 42.5 Å². The lowest BCUT2D eigenvalue weighted by molar-refractivity contribution is 0.0505. The Kier molecular flexibility index (Phi) is 7.35. The van der Waals surface area contributed by atoms with E-state index in [2.05, 4.69) is 25.2 Å². The number of ether oxygens (including phenoxy) is 3. The zero-order chi connectivity index (χ0) is 24.2. The second kappa shape index (κ2) is 10.8. The predicted molar refractivity (Wildman–Crippen MR) is 139 cm³/mol. The van der Waals surface area contributed by atoms with Crippen LogP contribution in [-0.2, 0) is 22.4 Å². The number of nitrogens with zero attached hydrogens (tertiary/aromatic N) is 2. The van der Waals surface area contributed by atoms with Crippen LogP contribution in [0, 0.1) is 6.92 Å². The maximum Gasteiger partial charge on any atom is 0.354 e. The van der Waals surface area contributed by atoms with E-state index in [0.717, 1.165) is 66.1 Å². The summed E-state index contributed by atoms with van der Waals surface area (Å²) in [5.41, 5.74) is 3.88. The molecule has 0 bridgehead atoms. The third-order valence-corrected chi connectivity index (χ3v) is 7.57. The first-order valence-corrected chi connectivity index (χ1v) is 13.3. The molecule has 5 rings (SSSR count). The molecule has 7 heteroatoms. The molecule has 1 aliphatic carbocycles. The van der Waals surface area contributed by atoms with Crippen molar-refractivity contribution in [1.29, 1.82) is 0 Å². The minimum Gasteiger partial charge on any atom is -0.493 e. The molecule has 0 N–H and O–H groups in total. The van der Waals surface area contributed by atoms with Gasteiger partial charge >= 0.3 is 5.97 Å². The van der Waals surface area contributed by atoms with Crippen molar-refractivity contribution in [2.75, 3.05) is 19.8 Å². The van der Waals surface area contributed by atoms with E-state index in [4.69, 9.17) is 19.2 Å². The molecule has 2 aliphatic rings. The molecule has 1 atom stereocenters. The van der Waals surface area contributed by atoms with Crippen LogP contribution in [-0.4, -0.2) is 41.4 Å². The number of hydrogen-bond acceptors (Lipinski definition) is 6. The number of rotatable bonds is 9. The SMILES string of the molecule is CCOC(=O)c1cc2cc(OCCc3nc(C4=CCCC=C4)sc3C)ccc2n1CC1CCCO1. The van der Waals surface area contributed by atoms with Crippen molar-refractivity contribution < 1.29 is 19.0 Å². The molecule has 1 fully saturated rings. The molecule has 0 amide bonds. The van der Waals surface area contributed by atoms with Crippen LogP contribution in [0.4, 0.5) is 0 Å². The maximum absolute atomic E-state index is 12.6. The summed E-state index contributed by atoms with van der Waals surface area (Å²) in [5.74, 6) is 0.482. The van der Waals surface area contributed by atoms with Gasteiger partial charge in [-0.1, -0.05) is 18.2 Å². The number of aryl methyl sites for hydroxylation is 1. The summed E-state index contributed by atoms with van der Waals surface area (Å²) < 4.78 is 19.3. The average Bonchev–Trinajstić information content (AvgIpc) is 3.60. The summed E-state index contributed by atoms with van der Waals surface area (Å²) in [4.78, 5) is 18.7. The minimum atomic E-state index is -0.304. The zero-order valence-corrected chi connectivity index (χ0v) is 21.2. The van der Waals surface area contributed by atoms with Crippen LogP contribution in [0.1, 0.15) is 58.7 Å². The summed E-state index contributed by atoms with van der Waals surface area (Å²) >= 11 is 1.75. The summed E-state index contributed by atoms with van der Waals surface area (Å²) in [7, 11) is 0.